The van der Waals surface area contributed by atoms with Gasteiger partial charge in [0.05, 0.1) is 12.4 Å². The summed E-state index contributed by atoms with van der Waals surface area (Å²) in [5.41, 5.74) is 4.93. The third-order valence-electron chi connectivity index (χ3n) is 8.27. The van der Waals surface area contributed by atoms with Gasteiger partial charge in [0, 0.05) is 76.7 Å². The van der Waals surface area contributed by atoms with Gasteiger partial charge in [0.2, 0.25) is 11.8 Å². The van der Waals surface area contributed by atoms with Crippen molar-refractivity contribution < 1.29 is 27.4 Å². The second-order valence-electron chi connectivity index (χ2n) is 11.6. The number of nitrogens with two attached hydrogens (primary N) is 1. The molecule has 242 valence electrons. The van der Waals surface area contributed by atoms with Gasteiger partial charge in [-0.3, -0.25) is 9.69 Å². The van der Waals surface area contributed by atoms with Gasteiger partial charge in [-0.15, -0.1) is 0 Å². The molecule has 1 amide bonds. The summed E-state index contributed by atoms with van der Waals surface area (Å²) in [5, 5.41) is 3.25. The largest absolute Gasteiger partial charge is 0.474 e. The highest BCUT2D eigenvalue weighted by molar-refractivity contribution is 5.85. The number of amides is 1. The summed E-state index contributed by atoms with van der Waals surface area (Å²) in [7, 11) is 0. The van der Waals surface area contributed by atoms with Crippen molar-refractivity contribution >= 4 is 11.7 Å². The molecule has 3 fully saturated rings. The van der Waals surface area contributed by atoms with Crippen LogP contribution >= 0.6 is 0 Å². The van der Waals surface area contributed by atoms with Crippen LogP contribution in [-0.2, 0) is 11.3 Å². The van der Waals surface area contributed by atoms with E-state index in [1.54, 1.807) is 17.2 Å². The van der Waals surface area contributed by atoms with Crippen LogP contribution in [-0.4, -0.2) is 87.8 Å². The summed E-state index contributed by atoms with van der Waals surface area (Å²) < 4.78 is 52.3. The SMILES string of the molecule is Fc1ccc(OC2CCNCC2)nc1.Nc1cc(CN2CCC(F)(C(=O)N3CCC(Oc4ccc(F)cn4)CC3)CC2)ccn1. The summed E-state index contributed by atoms with van der Waals surface area (Å²) in [6, 6.07) is 9.42. The lowest BCUT2D eigenvalue weighted by molar-refractivity contribution is -0.149. The Hall–Kier alpha value is -3.97. The maximum atomic E-state index is 15.5. The Balaban J connectivity index is 0.000000238. The number of carbonyl (C=O) groups excluding carboxylic acids is 1. The quantitative estimate of drug-likeness (QED) is 0.402. The van der Waals surface area contributed by atoms with E-state index in [4.69, 9.17) is 15.2 Å². The Labute approximate surface area is 261 Å². The molecule has 0 radical (unpaired) electrons. The van der Waals surface area contributed by atoms with Crippen LogP contribution in [0.3, 0.4) is 0 Å². The number of alkyl halides is 1. The fourth-order valence-electron chi connectivity index (χ4n) is 5.71. The number of nitrogen functional groups attached to an aromatic ring is 1. The molecule has 0 bridgehead atoms. The van der Waals surface area contributed by atoms with Crippen LogP contribution < -0.4 is 20.5 Å². The number of aromatic nitrogens is 3. The maximum absolute atomic E-state index is 15.5. The molecule has 3 aromatic rings. The molecular weight excluding hydrogens is 587 g/mol. The molecule has 6 rings (SSSR count). The van der Waals surface area contributed by atoms with E-state index in [1.165, 1.54) is 24.4 Å². The highest BCUT2D eigenvalue weighted by Crippen LogP contribution is 2.31. The van der Waals surface area contributed by atoms with Crippen molar-refractivity contribution in [1.82, 2.24) is 30.1 Å². The highest BCUT2D eigenvalue weighted by Gasteiger charge is 2.44. The molecule has 10 nitrogen and oxygen atoms in total. The molecule has 45 heavy (non-hydrogen) atoms. The fraction of sp³-hybridized carbons (Fsp3) is 0.500. The molecule has 13 heteroatoms. The number of hydrogen-bond donors (Lipinski definition) is 2. The number of anilines is 1. The topological polar surface area (TPSA) is 119 Å². The lowest BCUT2D eigenvalue weighted by Crippen LogP contribution is -2.54. The van der Waals surface area contributed by atoms with Crippen molar-refractivity contribution in [3.8, 4) is 11.8 Å². The van der Waals surface area contributed by atoms with Gasteiger partial charge in [-0.25, -0.2) is 28.1 Å². The predicted octanol–water partition coefficient (Wildman–Crippen LogP) is 3.92. The maximum Gasteiger partial charge on any atom is 0.260 e. The van der Waals surface area contributed by atoms with E-state index in [0.717, 1.165) is 37.7 Å². The fourth-order valence-corrected chi connectivity index (χ4v) is 5.71. The van der Waals surface area contributed by atoms with Gasteiger partial charge in [-0.05, 0) is 55.8 Å². The average molecular weight is 628 g/mol. The number of halogens is 3. The minimum atomic E-state index is -1.82. The first-order chi connectivity index (χ1) is 21.8. The first-order valence-corrected chi connectivity index (χ1v) is 15.4. The number of pyridine rings is 3. The van der Waals surface area contributed by atoms with Crippen LogP contribution in [0, 0.1) is 11.6 Å². The van der Waals surface area contributed by atoms with Gasteiger partial charge in [0.1, 0.15) is 29.7 Å². The molecule has 3 aliphatic heterocycles. The summed E-state index contributed by atoms with van der Waals surface area (Å²) in [6.07, 6.45) is 7.57. The molecule has 0 unspecified atom stereocenters. The Morgan fingerprint density at radius 3 is 1.98 bits per heavy atom. The lowest BCUT2D eigenvalue weighted by atomic mass is 9.90. The van der Waals surface area contributed by atoms with Crippen LogP contribution in [0.25, 0.3) is 0 Å². The minimum absolute atomic E-state index is 0.118. The number of rotatable bonds is 7. The number of nitrogens with zero attached hydrogens (tertiary/aromatic N) is 5. The zero-order chi connectivity index (χ0) is 31.6. The molecule has 0 aromatic carbocycles. The van der Waals surface area contributed by atoms with Gasteiger partial charge in [0.15, 0.2) is 5.67 Å². The van der Waals surface area contributed by atoms with Crippen LogP contribution in [0.1, 0.15) is 44.1 Å². The third kappa shape index (κ3) is 9.51. The van der Waals surface area contributed by atoms with Crippen molar-refractivity contribution in [3.63, 3.8) is 0 Å². The second-order valence-corrected chi connectivity index (χ2v) is 11.6. The van der Waals surface area contributed by atoms with E-state index in [-0.39, 0.29) is 30.9 Å². The number of hydrogen-bond acceptors (Lipinski definition) is 9. The van der Waals surface area contributed by atoms with Gasteiger partial charge in [0.25, 0.3) is 5.91 Å². The van der Waals surface area contributed by atoms with Crippen LogP contribution in [0.4, 0.5) is 19.0 Å². The normalized spacial score (nSPS) is 19.3. The van der Waals surface area contributed by atoms with Gasteiger partial charge in [-0.2, -0.15) is 0 Å². The second kappa shape index (κ2) is 15.3. The summed E-state index contributed by atoms with van der Waals surface area (Å²) in [5.74, 6) is 0.167. The predicted molar refractivity (Wildman–Crippen MR) is 162 cm³/mol. The number of nitrogens with one attached hydrogen (secondary N) is 1. The monoisotopic (exact) mass is 627 g/mol. The number of carbonyl (C=O) groups is 1. The Kier molecular flexibility index (Phi) is 11.1. The highest BCUT2D eigenvalue weighted by atomic mass is 19.1. The van der Waals surface area contributed by atoms with E-state index in [9.17, 15) is 13.6 Å². The smallest absolute Gasteiger partial charge is 0.260 e. The zero-order valence-electron chi connectivity index (χ0n) is 25.2. The molecule has 0 aliphatic carbocycles. The average Bonchev–Trinajstić information content (AvgIpc) is 3.05. The van der Waals surface area contributed by atoms with Gasteiger partial charge < -0.3 is 25.4 Å². The first-order valence-electron chi connectivity index (χ1n) is 15.4. The van der Waals surface area contributed by atoms with Crippen LogP contribution in [0.15, 0.2) is 55.0 Å². The number of ether oxygens (including phenoxy) is 2. The summed E-state index contributed by atoms with van der Waals surface area (Å²) >= 11 is 0. The lowest BCUT2D eigenvalue weighted by Gasteiger charge is -2.40. The number of piperidine rings is 3. The van der Waals surface area contributed by atoms with Gasteiger partial charge >= 0.3 is 0 Å². The van der Waals surface area contributed by atoms with Gasteiger partial charge in [-0.1, -0.05) is 0 Å². The van der Waals surface area contributed by atoms with E-state index in [2.05, 4.69) is 25.2 Å². The van der Waals surface area contributed by atoms with E-state index >= 15 is 4.39 Å². The van der Waals surface area contributed by atoms with Crippen LogP contribution in [0.2, 0.25) is 0 Å². The standard InChI is InChI=1S/C22H27F2N5O2.C10H13FN2O/c23-17-1-2-20(27-14-17)31-18-4-9-29(10-5-18)21(30)22(24)6-11-28(12-7-22)15-16-3-8-26-19(25)13-16;11-8-1-2-10(13-7-8)14-9-3-5-12-6-4-9/h1-3,8,13-14,18H,4-7,9-12,15H2,(H2,25,26);1-2,7,9,12H,3-6H2. The molecule has 3 saturated heterocycles. The van der Waals surface area contributed by atoms with Crippen molar-refractivity contribution in [2.24, 2.45) is 0 Å². The van der Waals surface area contributed by atoms with Crippen molar-refractivity contribution in [2.45, 2.75) is 62.9 Å². The minimum Gasteiger partial charge on any atom is -0.474 e. The molecule has 3 N–H and O–H groups in total. The molecule has 3 aromatic heterocycles. The Morgan fingerprint density at radius 2 is 1.44 bits per heavy atom. The van der Waals surface area contributed by atoms with E-state index in [0.29, 0.717) is 63.1 Å². The van der Waals surface area contributed by atoms with Crippen molar-refractivity contribution in [1.29, 1.82) is 0 Å². The van der Waals surface area contributed by atoms with E-state index < -0.39 is 17.4 Å². The Bertz CT molecular complexity index is 1360. The van der Waals surface area contributed by atoms with Crippen molar-refractivity contribution in [3.05, 3.63) is 72.2 Å². The molecule has 6 heterocycles. The summed E-state index contributed by atoms with van der Waals surface area (Å²) in [6.45, 7) is 4.53. The van der Waals surface area contributed by atoms with E-state index in [1.807, 2.05) is 12.1 Å². The van der Waals surface area contributed by atoms with Crippen molar-refractivity contribution in [2.75, 3.05) is 45.0 Å². The third-order valence-corrected chi connectivity index (χ3v) is 8.27. The molecular formula is C32H40F3N7O3. The molecule has 0 saturated carbocycles. The molecule has 3 aliphatic rings. The van der Waals surface area contributed by atoms with Crippen LogP contribution in [0.5, 0.6) is 11.8 Å². The summed E-state index contributed by atoms with van der Waals surface area (Å²) in [4.78, 5) is 28.4. The zero-order valence-corrected chi connectivity index (χ0v) is 25.2. The number of likely N-dealkylation sites (tertiary alicyclic amines) is 2. The Morgan fingerprint density at radius 1 is 0.867 bits per heavy atom. The molecule has 0 atom stereocenters. The molecule has 0 spiro atoms. The first kappa shape index (κ1) is 32.4.